The minimum absolute atomic E-state index is 0.0534. The predicted octanol–water partition coefficient (Wildman–Crippen LogP) is 3.60. The van der Waals surface area contributed by atoms with Gasteiger partial charge in [0.05, 0.1) is 11.1 Å². The van der Waals surface area contributed by atoms with Gasteiger partial charge in [-0.1, -0.05) is 0 Å². The van der Waals surface area contributed by atoms with Gasteiger partial charge >= 0.3 is 6.18 Å². The molecular formula is C12H9F3N2OS. The molecule has 0 spiro atoms. The van der Waals surface area contributed by atoms with Crippen LogP contribution in [0, 0.1) is 0 Å². The average Bonchev–Trinajstić information content (AvgIpc) is 2.83. The van der Waals surface area contributed by atoms with E-state index in [4.69, 9.17) is 5.73 Å². The SMILES string of the molecule is Nc1ccc(NC(=O)c2ccsc2)cc1C(F)(F)F. The van der Waals surface area contributed by atoms with Crippen LogP contribution < -0.4 is 11.1 Å². The number of carbonyl (C=O) groups is 1. The summed E-state index contributed by atoms with van der Waals surface area (Å²) in [5.74, 6) is -0.459. The number of rotatable bonds is 2. The molecule has 0 aliphatic carbocycles. The van der Waals surface area contributed by atoms with E-state index in [2.05, 4.69) is 5.32 Å². The van der Waals surface area contributed by atoms with Crippen LogP contribution in [0.3, 0.4) is 0 Å². The number of nitrogen functional groups attached to an aromatic ring is 1. The molecule has 7 heteroatoms. The van der Waals surface area contributed by atoms with Crippen LogP contribution in [-0.4, -0.2) is 5.91 Å². The Morgan fingerprint density at radius 1 is 1.26 bits per heavy atom. The third-order valence-corrected chi connectivity index (χ3v) is 3.08. The summed E-state index contributed by atoms with van der Waals surface area (Å²) in [4.78, 5) is 11.7. The highest BCUT2D eigenvalue weighted by molar-refractivity contribution is 7.08. The Balaban J connectivity index is 2.25. The molecule has 2 rings (SSSR count). The zero-order valence-corrected chi connectivity index (χ0v) is 10.3. The normalized spacial score (nSPS) is 11.3. The van der Waals surface area contributed by atoms with Gasteiger partial charge in [0.15, 0.2) is 0 Å². The Bertz CT molecular complexity index is 594. The van der Waals surface area contributed by atoms with Crippen LogP contribution >= 0.6 is 11.3 Å². The van der Waals surface area contributed by atoms with Crippen molar-refractivity contribution in [1.29, 1.82) is 0 Å². The quantitative estimate of drug-likeness (QED) is 0.829. The number of nitrogens with one attached hydrogen (secondary N) is 1. The second kappa shape index (κ2) is 4.93. The molecule has 0 saturated carbocycles. The van der Waals surface area contributed by atoms with Gasteiger partial charge in [0, 0.05) is 16.8 Å². The number of alkyl halides is 3. The Hall–Kier alpha value is -2.02. The topological polar surface area (TPSA) is 55.1 Å². The Morgan fingerprint density at radius 3 is 2.58 bits per heavy atom. The van der Waals surface area contributed by atoms with Gasteiger partial charge in [0.25, 0.3) is 5.91 Å². The van der Waals surface area contributed by atoms with E-state index in [0.717, 1.165) is 12.1 Å². The number of carbonyl (C=O) groups excluding carboxylic acids is 1. The molecule has 0 saturated heterocycles. The molecule has 3 N–H and O–H groups in total. The summed E-state index contributed by atoms with van der Waals surface area (Å²) in [6.45, 7) is 0. The maximum Gasteiger partial charge on any atom is 0.418 e. The van der Waals surface area contributed by atoms with E-state index >= 15 is 0 Å². The van der Waals surface area contributed by atoms with Crippen molar-refractivity contribution in [3.63, 3.8) is 0 Å². The number of nitrogens with two attached hydrogens (primary N) is 1. The van der Waals surface area contributed by atoms with Gasteiger partial charge in [0.1, 0.15) is 0 Å². The van der Waals surface area contributed by atoms with Crippen LogP contribution in [0.15, 0.2) is 35.0 Å². The first kappa shape index (κ1) is 13.4. The third kappa shape index (κ3) is 3.05. The van der Waals surface area contributed by atoms with Crippen molar-refractivity contribution in [2.75, 3.05) is 11.1 Å². The standard InChI is InChI=1S/C12H9F3N2OS/c13-12(14,15)9-5-8(1-2-10(9)16)17-11(18)7-3-4-19-6-7/h1-6H,16H2,(H,17,18). The lowest BCUT2D eigenvalue weighted by Crippen LogP contribution is -2.13. The first-order valence-electron chi connectivity index (χ1n) is 5.18. The maximum atomic E-state index is 12.6. The maximum absolute atomic E-state index is 12.6. The highest BCUT2D eigenvalue weighted by Crippen LogP contribution is 2.35. The zero-order chi connectivity index (χ0) is 14.0. The fourth-order valence-corrected chi connectivity index (χ4v) is 2.11. The highest BCUT2D eigenvalue weighted by atomic mass is 32.1. The van der Waals surface area contributed by atoms with Crippen LogP contribution in [0.25, 0.3) is 0 Å². The van der Waals surface area contributed by atoms with E-state index in [1.807, 2.05) is 0 Å². The summed E-state index contributed by atoms with van der Waals surface area (Å²) < 4.78 is 37.9. The van der Waals surface area contributed by atoms with Gasteiger partial charge in [-0.25, -0.2) is 0 Å². The van der Waals surface area contributed by atoms with Crippen molar-refractivity contribution < 1.29 is 18.0 Å². The molecule has 0 fully saturated rings. The fourth-order valence-electron chi connectivity index (χ4n) is 1.48. The number of amides is 1. The molecule has 100 valence electrons. The van der Waals surface area contributed by atoms with E-state index in [1.165, 1.54) is 17.4 Å². The van der Waals surface area contributed by atoms with Gasteiger partial charge in [-0.2, -0.15) is 24.5 Å². The molecule has 0 aliphatic heterocycles. The number of hydrogen-bond donors (Lipinski definition) is 2. The van der Waals surface area contributed by atoms with Crippen LogP contribution in [0.2, 0.25) is 0 Å². The van der Waals surface area contributed by atoms with Crippen LogP contribution in [0.1, 0.15) is 15.9 Å². The zero-order valence-electron chi connectivity index (χ0n) is 9.49. The lowest BCUT2D eigenvalue weighted by molar-refractivity contribution is -0.136. The number of halogens is 3. The third-order valence-electron chi connectivity index (χ3n) is 2.40. The molecule has 0 aliphatic rings. The highest BCUT2D eigenvalue weighted by Gasteiger charge is 2.33. The van der Waals surface area contributed by atoms with Crippen molar-refractivity contribution >= 4 is 28.6 Å². The second-order valence-electron chi connectivity index (χ2n) is 3.77. The molecule has 0 unspecified atom stereocenters. The molecule has 0 bridgehead atoms. The van der Waals surface area contributed by atoms with Gasteiger partial charge in [0.2, 0.25) is 0 Å². The number of thiophene rings is 1. The summed E-state index contributed by atoms with van der Waals surface area (Å²) in [6, 6.07) is 4.85. The molecule has 1 aromatic heterocycles. The van der Waals surface area contributed by atoms with E-state index in [1.54, 1.807) is 16.8 Å². The number of anilines is 2. The Labute approximate surface area is 110 Å². The minimum atomic E-state index is -4.55. The van der Waals surface area contributed by atoms with E-state index in [-0.39, 0.29) is 11.4 Å². The fraction of sp³-hybridized carbons (Fsp3) is 0.0833. The first-order chi connectivity index (χ1) is 8.88. The molecule has 19 heavy (non-hydrogen) atoms. The van der Waals surface area contributed by atoms with Gasteiger partial charge in [-0.3, -0.25) is 4.79 Å². The van der Waals surface area contributed by atoms with Gasteiger partial charge in [-0.05, 0) is 29.6 Å². The smallest absolute Gasteiger partial charge is 0.398 e. The van der Waals surface area contributed by atoms with Crippen LogP contribution in [-0.2, 0) is 6.18 Å². The van der Waals surface area contributed by atoms with E-state index < -0.39 is 17.6 Å². The first-order valence-corrected chi connectivity index (χ1v) is 6.12. The summed E-state index contributed by atoms with van der Waals surface area (Å²) in [6.07, 6.45) is -4.55. The predicted molar refractivity (Wildman–Crippen MR) is 68.1 cm³/mol. The van der Waals surface area contributed by atoms with Crippen molar-refractivity contribution in [1.82, 2.24) is 0 Å². The molecule has 1 amide bonds. The lowest BCUT2D eigenvalue weighted by Gasteiger charge is -2.12. The summed E-state index contributed by atoms with van der Waals surface area (Å²) in [5, 5.41) is 5.71. The molecule has 0 radical (unpaired) electrons. The summed E-state index contributed by atoms with van der Waals surface area (Å²) in [7, 11) is 0. The summed E-state index contributed by atoms with van der Waals surface area (Å²) >= 11 is 1.33. The molecule has 3 nitrogen and oxygen atoms in total. The van der Waals surface area contributed by atoms with Crippen molar-refractivity contribution in [3.05, 3.63) is 46.2 Å². The molecule has 2 aromatic rings. The van der Waals surface area contributed by atoms with Gasteiger partial charge < -0.3 is 11.1 Å². The Morgan fingerprint density at radius 2 is 2.00 bits per heavy atom. The molecule has 0 atom stereocenters. The van der Waals surface area contributed by atoms with Crippen molar-refractivity contribution in [2.45, 2.75) is 6.18 Å². The van der Waals surface area contributed by atoms with Crippen molar-refractivity contribution in [3.8, 4) is 0 Å². The minimum Gasteiger partial charge on any atom is -0.398 e. The second-order valence-corrected chi connectivity index (χ2v) is 4.55. The van der Waals surface area contributed by atoms with E-state index in [9.17, 15) is 18.0 Å². The molecule has 1 heterocycles. The Kier molecular flexibility index (Phi) is 3.48. The number of benzene rings is 1. The summed E-state index contributed by atoms with van der Waals surface area (Å²) in [5.41, 5.74) is 4.39. The lowest BCUT2D eigenvalue weighted by atomic mass is 10.1. The van der Waals surface area contributed by atoms with Crippen molar-refractivity contribution in [2.24, 2.45) is 0 Å². The molecule has 1 aromatic carbocycles. The van der Waals surface area contributed by atoms with Crippen LogP contribution in [0.5, 0.6) is 0 Å². The van der Waals surface area contributed by atoms with E-state index in [0.29, 0.717) is 5.56 Å². The van der Waals surface area contributed by atoms with Crippen LogP contribution in [0.4, 0.5) is 24.5 Å². The average molecular weight is 286 g/mol. The monoisotopic (exact) mass is 286 g/mol. The van der Waals surface area contributed by atoms with Gasteiger partial charge in [-0.15, -0.1) is 0 Å². The molecular weight excluding hydrogens is 277 g/mol. The number of hydrogen-bond acceptors (Lipinski definition) is 3. The largest absolute Gasteiger partial charge is 0.418 e.